The van der Waals surface area contributed by atoms with Crippen LogP contribution in [0.4, 0.5) is 5.95 Å². The fraction of sp³-hybridized carbons (Fsp3) is 0.231. The molecule has 3 N–H and O–H groups in total. The molecule has 0 saturated heterocycles. The maximum absolute atomic E-state index is 12.0. The Morgan fingerprint density at radius 2 is 2.27 bits per heavy atom. The second-order valence-electron chi connectivity index (χ2n) is 4.76. The molecule has 9 heteroatoms. The van der Waals surface area contributed by atoms with Crippen molar-refractivity contribution in [2.24, 2.45) is 5.73 Å². The Hall–Kier alpha value is -2.42. The molecule has 3 rings (SSSR count). The molecule has 1 atom stereocenters. The number of benzene rings is 1. The molecule has 2 heterocycles. The Morgan fingerprint density at radius 3 is 2.95 bits per heavy atom. The highest BCUT2D eigenvalue weighted by Crippen LogP contribution is 2.39. The topological polar surface area (TPSA) is 108 Å². The predicted molar refractivity (Wildman–Crippen MR) is 82.2 cm³/mol. The zero-order valence-corrected chi connectivity index (χ0v) is 13.5. The van der Waals surface area contributed by atoms with Gasteiger partial charge in [-0.05, 0) is 35.5 Å². The van der Waals surface area contributed by atoms with Crippen molar-refractivity contribution in [2.45, 2.75) is 13.0 Å². The molecule has 1 amide bonds. The molecule has 114 valence electrons. The van der Waals surface area contributed by atoms with E-state index < -0.39 is 11.9 Å². The highest BCUT2D eigenvalue weighted by Gasteiger charge is 2.34. The molecule has 8 nitrogen and oxygen atoms in total. The molecule has 0 radical (unpaired) electrons. The van der Waals surface area contributed by atoms with Crippen LogP contribution in [0.25, 0.3) is 0 Å². The normalized spacial score (nSPS) is 17.0. The van der Waals surface area contributed by atoms with E-state index in [1.54, 1.807) is 20.1 Å². The fourth-order valence-electron chi connectivity index (χ4n) is 2.54. The number of allylic oxidation sites excluding steroid dienone is 1. The lowest BCUT2D eigenvalue weighted by molar-refractivity contribution is -0.115. The van der Waals surface area contributed by atoms with Gasteiger partial charge in [0, 0.05) is 15.7 Å². The molecule has 0 unspecified atom stereocenters. The quantitative estimate of drug-likeness (QED) is 0.847. The standard InChI is InChI=1S/C13H13BrN6O2/c1-6-10(12(15)21)11(20-13(16-6)17-18-19-20)8-5-7(14)3-4-9(8)22-2/h3-5,11H,1-2H3,(H2,15,21)(H,16,17,19)/t11-/m1/s1. The van der Waals surface area contributed by atoms with Crippen LogP contribution in [-0.4, -0.2) is 33.2 Å². The summed E-state index contributed by atoms with van der Waals surface area (Å²) in [4.78, 5) is 12.0. The van der Waals surface area contributed by atoms with Gasteiger partial charge >= 0.3 is 0 Å². The van der Waals surface area contributed by atoms with Crippen molar-refractivity contribution in [1.29, 1.82) is 0 Å². The third-order valence-electron chi connectivity index (χ3n) is 3.47. The summed E-state index contributed by atoms with van der Waals surface area (Å²) in [6.07, 6.45) is 0. The number of hydrogen-bond acceptors (Lipinski definition) is 6. The summed E-state index contributed by atoms with van der Waals surface area (Å²) >= 11 is 3.43. The largest absolute Gasteiger partial charge is 0.496 e. The monoisotopic (exact) mass is 364 g/mol. The number of methoxy groups -OCH3 is 1. The van der Waals surface area contributed by atoms with E-state index >= 15 is 0 Å². The van der Waals surface area contributed by atoms with Gasteiger partial charge in [0.2, 0.25) is 11.9 Å². The van der Waals surface area contributed by atoms with Crippen LogP contribution in [0.2, 0.25) is 0 Å². The number of fused-ring (bicyclic) bond motifs is 1. The molecule has 2 aromatic rings. The van der Waals surface area contributed by atoms with Gasteiger partial charge in [-0.15, -0.1) is 0 Å². The van der Waals surface area contributed by atoms with Gasteiger partial charge in [-0.1, -0.05) is 21.0 Å². The number of primary amides is 1. The minimum absolute atomic E-state index is 0.385. The second-order valence-corrected chi connectivity index (χ2v) is 5.68. The van der Waals surface area contributed by atoms with E-state index in [-0.39, 0.29) is 0 Å². The number of amides is 1. The number of hydrogen-bond donors (Lipinski definition) is 2. The summed E-state index contributed by atoms with van der Waals surface area (Å²) in [5.74, 6) is 0.510. The van der Waals surface area contributed by atoms with Gasteiger partial charge in [0.15, 0.2) is 0 Å². The number of aromatic nitrogens is 4. The van der Waals surface area contributed by atoms with Crippen molar-refractivity contribution in [2.75, 3.05) is 12.4 Å². The van der Waals surface area contributed by atoms with Crippen LogP contribution < -0.4 is 15.8 Å². The summed E-state index contributed by atoms with van der Waals surface area (Å²) in [7, 11) is 1.56. The van der Waals surface area contributed by atoms with E-state index in [0.29, 0.717) is 23.0 Å². The number of anilines is 1. The highest BCUT2D eigenvalue weighted by molar-refractivity contribution is 9.10. The van der Waals surface area contributed by atoms with Crippen LogP contribution >= 0.6 is 15.9 Å². The summed E-state index contributed by atoms with van der Waals surface area (Å²) in [5.41, 5.74) is 7.30. The Morgan fingerprint density at radius 1 is 1.50 bits per heavy atom. The van der Waals surface area contributed by atoms with Crippen molar-refractivity contribution < 1.29 is 9.53 Å². The molecule has 1 aliphatic heterocycles. The average Bonchev–Trinajstić information content (AvgIpc) is 2.93. The predicted octanol–water partition coefficient (Wildman–Crippen LogP) is 1.22. The van der Waals surface area contributed by atoms with Gasteiger partial charge in [-0.25, -0.2) is 0 Å². The third kappa shape index (κ3) is 2.23. The first-order chi connectivity index (χ1) is 10.5. The van der Waals surface area contributed by atoms with Crippen LogP contribution in [0.1, 0.15) is 18.5 Å². The molecule has 0 saturated carbocycles. The van der Waals surface area contributed by atoms with Crippen molar-refractivity contribution in [3.8, 4) is 5.75 Å². The number of nitrogens with one attached hydrogen (secondary N) is 1. The van der Waals surface area contributed by atoms with Crippen molar-refractivity contribution in [3.05, 3.63) is 39.5 Å². The van der Waals surface area contributed by atoms with Crippen LogP contribution in [0, 0.1) is 0 Å². The average molecular weight is 365 g/mol. The minimum atomic E-state index is -0.559. The van der Waals surface area contributed by atoms with E-state index in [2.05, 4.69) is 36.8 Å². The number of nitrogens with zero attached hydrogens (tertiary/aromatic N) is 4. The molecular formula is C13H13BrN6O2. The van der Waals surface area contributed by atoms with Crippen LogP contribution in [0.3, 0.4) is 0 Å². The van der Waals surface area contributed by atoms with E-state index in [1.807, 2.05) is 12.1 Å². The maximum atomic E-state index is 12.0. The number of rotatable bonds is 3. The third-order valence-corrected chi connectivity index (χ3v) is 3.96. The zero-order valence-electron chi connectivity index (χ0n) is 11.9. The molecule has 0 aliphatic carbocycles. The highest BCUT2D eigenvalue weighted by atomic mass is 79.9. The van der Waals surface area contributed by atoms with Gasteiger partial charge in [-0.3, -0.25) is 4.79 Å². The lowest BCUT2D eigenvalue weighted by Gasteiger charge is -2.28. The molecule has 1 aromatic heterocycles. The Balaban J connectivity index is 2.27. The van der Waals surface area contributed by atoms with Gasteiger partial charge in [0.05, 0.1) is 12.7 Å². The summed E-state index contributed by atoms with van der Waals surface area (Å²) in [5, 5.41) is 14.5. The molecule has 1 aliphatic rings. The molecular weight excluding hydrogens is 352 g/mol. The van der Waals surface area contributed by atoms with E-state index in [9.17, 15) is 4.79 Å². The molecule has 22 heavy (non-hydrogen) atoms. The SMILES string of the molecule is COc1ccc(Br)cc1[C@@H]1C(C(N)=O)=C(C)Nc2nnnn21. The number of halogens is 1. The van der Waals surface area contributed by atoms with Gasteiger partial charge in [0.25, 0.3) is 0 Å². The first-order valence-corrected chi connectivity index (χ1v) is 7.21. The lowest BCUT2D eigenvalue weighted by atomic mass is 9.94. The Labute approximate surface area is 134 Å². The summed E-state index contributed by atoms with van der Waals surface area (Å²) < 4.78 is 7.77. The minimum Gasteiger partial charge on any atom is -0.496 e. The molecule has 0 fully saturated rings. The fourth-order valence-corrected chi connectivity index (χ4v) is 2.92. The lowest BCUT2D eigenvalue weighted by Crippen LogP contribution is -2.32. The van der Waals surface area contributed by atoms with Crippen molar-refractivity contribution >= 4 is 27.8 Å². The number of ether oxygens (including phenoxy) is 1. The number of nitrogens with two attached hydrogens (primary N) is 1. The number of carbonyl (C=O) groups is 1. The number of carbonyl (C=O) groups excluding carboxylic acids is 1. The Kier molecular flexibility index (Phi) is 3.57. The maximum Gasteiger partial charge on any atom is 0.248 e. The summed E-state index contributed by atoms with van der Waals surface area (Å²) in [6, 6.07) is 4.96. The van der Waals surface area contributed by atoms with Crippen LogP contribution in [0.15, 0.2) is 33.9 Å². The van der Waals surface area contributed by atoms with Crippen molar-refractivity contribution in [3.63, 3.8) is 0 Å². The van der Waals surface area contributed by atoms with Gasteiger partial charge in [0.1, 0.15) is 11.8 Å². The van der Waals surface area contributed by atoms with E-state index in [1.165, 1.54) is 4.68 Å². The van der Waals surface area contributed by atoms with Crippen LogP contribution in [0.5, 0.6) is 5.75 Å². The van der Waals surface area contributed by atoms with Crippen molar-refractivity contribution in [1.82, 2.24) is 20.2 Å². The zero-order chi connectivity index (χ0) is 15.9. The van der Waals surface area contributed by atoms with E-state index in [0.717, 1.165) is 10.0 Å². The molecule has 0 spiro atoms. The first-order valence-electron chi connectivity index (χ1n) is 6.41. The van der Waals surface area contributed by atoms with Gasteiger partial charge in [-0.2, -0.15) is 4.68 Å². The second kappa shape index (κ2) is 5.41. The summed E-state index contributed by atoms with van der Waals surface area (Å²) in [6.45, 7) is 1.76. The first kappa shape index (κ1) is 14.5. The number of tetrazole rings is 1. The molecule has 0 bridgehead atoms. The van der Waals surface area contributed by atoms with Gasteiger partial charge < -0.3 is 15.8 Å². The van der Waals surface area contributed by atoms with E-state index in [4.69, 9.17) is 10.5 Å². The molecule has 1 aromatic carbocycles. The van der Waals surface area contributed by atoms with Crippen LogP contribution in [-0.2, 0) is 4.79 Å². The smallest absolute Gasteiger partial charge is 0.248 e. The Bertz CT molecular complexity index is 785.